The van der Waals surface area contributed by atoms with Crippen molar-refractivity contribution in [2.24, 2.45) is 0 Å². The Morgan fingerprint density at radius 1 is 0.340 bits per heavy atom. The van der Waals surface area contributed by atoms with Gasteiger partial charge in [-0.15, -0.1) is 0 Å². The van der Waals surface area contributed by atoms with E-state index in [0.717, 1.165) is 103 Å². The number of nitrogens with zero attached hydrogens (tertiary/aromatic N) is 4. The molecule has 4 unspecified atom stereocenters. The minimum Gasteiger partial charge on any atom is -0.748 e. The maximum Gasteiger partial charge on any atom is 0.302 e. The second-order valence-electron chi connectivity index (χ2n) is 29.9. The van der Waals surface area contributed by atoms with Crippen molar-refractivity contribution in [3.05, 3.63) is 0 Å². The minimum atomic E-state index is -4.22. The van der Waals surface area contributed by atoms with Gasteiger partial charge in [0.1, 0.15) is 12.2 Å². The first-order valence-electron chi connectivity index (χ1n) is 39.4. The average molecular weight is 1380 g/mol. The van der Waals surface area contributed by atoms with Crippen LogP contribution in [-0.2, 0) is 39.3 Å². The Morgan fingerprint density at radius 3 is 0.787 bits per heavy atom. The van der Waals surface area contributed by atoms with Gasteiger partial charge in [0.05, 0.1) is 86.8 Å². The van der Waals surface area contributed by atoms with Gasteiger partial charge in [0, 0.05) is 90.3 Å². The highest BCUT2D eigenvalue weighted by molar-refractivity contribution is 7.85. The molecule has 0 heterocycles. The summed E-state index contributed by atoms with van der Waals surface area (Å²) >= 11 is 0. The first kappa shape index (κ1) is 94.6. The number of carbonyl (C=O) groups is 2. The van der Waals surface area contributed by atoms with E-state index in [4.69, 9.17) is 9.47 Å². The molecule has 0 saturated carbocycles. The molecule has 0 aromatic rings. The Kier molecular flexibility index (Phi) is 64.1. The number of hydrogen-bond donors (Lipinski definition) is 2. The van der Waals surface area contributed by atoms with Crippen LogP contribution >= 0.6 is 0 Å². The van der Waals surface area contributed by atoms with Crippen molar-refractivity contribution in [1.82, 2.24) is 9.80 Å². The van der Waals surface area contributed by atoms with E-state index in [9.17, 15) is 45.7 Å². The van der Waals surface area contributed by atoms with E-state index in [0.29, 0.717) is 61.1 Å². The predicted molar refractivity (Wildman–Crippen MR) is 393 cm³/mol. The second kappa shape index (κ2) is 63.7. The summed E-state index contributed by atoms with van der Waals surface area (Å²) in [5.74, 6) is -1.19. The Morgan fingerprint density at radius 2 is 0.553 bits per heavy atom. The van der Waals surface area contributed by atoms with Crippen LogP contribution in [0.3, 0.4) is 0 Å². The Balaban J connectivity index is 0. The fourth-order valence-corrected chi connectivity index (χ4v) is 14.1. The monoisotopic (exact) mass is 1380 g/mol. The summed E-state index contributed by atoms with van der Waals surface area (Å²) in [4.78, 5) is 28.8. The fraction of sp³-hybridized carbons (Fsp3) is 0.974. The smallest absolute Gasteiger partial charge is 0.302 e. The second-order valence-corrected chi connectivity index (χ2v) is 32.9. The van der Waals surface area contributed by atoms with Gasteiger partial charge in [-0.05, 0) is 38.5 Å². The van der Waals surface area contributed by atoms with Crippen molar-refractivity contribution in [3.63, 3.8) is 0 Å². The maximum atomic E-state index is 12.1. The highest BCUT2D eigenvalue weighted by atomic mass is 32.2. The number of rotatable bonds is 70. The number of hydrogen-bond acceptors (Lipinski definition) is 14. The first-order valence-corrected chi connectivity index (χ1v) is 42.6. The number of unbranched alkanes of at least 4 members (excludes halogenated alkanes) is 36. The Labute approximate surface area is 582 Å². The minimum absolute atomic E-state index is 0.221. The molecule has 0 bridgehead atoms. The number of aliphatic hydroxyl groups is 2. The molecular weight excluding hydrogens is 1220 g/mol. The molecule has 0 radical (unpaired) electrons. The molecule has 2 N–H and O–H groups in total. The van der Waals surface area contributed by atoms with Gasteiger partial charge in [0.2, 0.25) is 0 Å². The van der Waals surface area contributed by atoms with Gasteiger partial charge in [-0.1, -0.05) is 272 Å². The molecule has 0 fully saturated rings. The number of esters is 2. The summed E-state index contributed by atoms with van der Waals surface area (Å²) in [6.07, 6.45) is 55.3. The number of aliphatic hydroxyl groups excluding tert-OH is 2. The zero-order valence-corrected chi connectivity index (χ0v) is 65.0. The van der Waals surface area contributed by atoms with Crippen LogP contribution < -0.4 is 0 Å². The molecule has 0 aliphatic carbocycles. The zero-order valence-electron chi connectivity index (χ0n) is 63.3. The van der Waals surface area contributed by atoms with Crippen molar-refractivity contribution < 1.29 is 64.2 Å². The quantitative estimate of drug-likeness (QED) is 0.0251. The van der Waals surface area contributed by atoms with E-state index in [1.54, 1.807) is 0 Å². The van der Waals surface area contributed by atoms with Gasteiger partial charge in [0.15, 0.2) is 0 Å². The fourth-order valence-electron chi connectivity index (χ4n) is 13.2. The molecule has 0 saturated heterocycles. The van der Waals surface area contributed by atoms with Crippen molar-refractivity contribution in [2.45, 2.75) is 374 Å². The normalized spacial score (nSPS) is 13.7. The third kappa shape index (κ3) is 71.8. The van der Waals surface area contributed by atoms with Gasteiger partial charge in [-0.25, -0.2) is 16.8 Å². The number of ether oxygens (including phenoxy) is 2. The molecule has 0 aliphatic rings. The molecule has 4 atom stereocenters. The van der Waals surface area contributed by atoms with Gasteiger partial charge in [-0.2, -0.15) is 0 Å². The summed E-state index contributed by atoms with van der Waals surface area (Å²) in [6, 6.07) is 0. The summed E-state index contributed by atoms with van der Waals surface area (Å²) in [5, 5.41) is 21.7. The lowest BCUT2D eigenvalue weighted by Crippen LogP contribution is -2.45. The molecule has 564 valence electrons. The van der Waals surface area contributed by atoms with E-state index in [1.807, 2.05) is 0 Å². The highest BCUT2D eigenvalue weighted by Crippen LogP contribution is 2.20. The van der Waals surface area contributed by atoms with E-state index in [1.165, 1.54) is 232 Å². The number of carbonyl (C=O) groups excluding carboxylic acids is 2. The van der Waals surface area contributed by atoms with Gasteiger partial charge >= 0.3 is 11.9 Å². The lowest BCUT2D eigenvalue weighted by molar-refractivity contribution is -0.890. The van der Waals surface area contributed by atoms with Crippen LogP contribution in [0.5, 0.6) is 0 Å². The van der Waals surface area contributed by atoms with E-state index >= 15 is 0 Å². The van der Waals surface area contributed by atoms with Gasteiger partial charge in [-0.3, -0.25) is 19.4 Å². The van der Waals surface area contributed by atoms with Crippen LogP contribution in [0.2, 0.25) is 0 Å². The van der Waals surface area contributed by atoms with Crippen molar-refractivity contribution in [1.29, 1.82) is 0 Å². The lowest BCUT2D eigenvalue weighted by atomic mass is 10.0. The zero-order chi connectivity index (χ0) is 70.5. The summed E-state index contributed by atoms with van der Waals surface area (Å²) in [6.45, 7) is 18.8. The summed E-state index contributed by atoms with van der Waals surface area (Å²) < 4.78 is 79.2. The predicted octanol–water partition coefficient (Wildman–Crippen LogP) is 17.2. The van der Waals surface area contributed by atoms with Crippen molar-refractivity contribution >= 4 is 32.2 Å². The summed E-state index contributed by atoms with van der Waals surface area (Å²) in [7, 11) is -0.130. The standard InChI is InChI=1S/C40H80N2O7S.C36H76N2O5S/c1-7-9-11-13-15-17-19-21-23-25-29-39(48-37(3)43)35-41(31-27-32-42(5,6)33-28-34-50(45,46)47)36-40(49-38(4)44)30-26-24-22-20-18-16-14-12-10-8-2;1-5-7-9-11-13-15-17-19-21-23-27-35(39)33-37(29-25-30-38(3,4)31-26-32-44(41,42)43)34-36(40)28-24-22-20-18-16-14-12-10-8-6-2/h39-40H,7-36H2,1-6H3;35-36,39-40H,5-34H2,1-4H3. The average Bonchev–Trinajstić information content (AvgIpc) is 1.08. The van der Waals surface area contributed by atoms with Crippen LogP contribution in [0.1, 0.15) is 350 Å². The summed E-state index contributed by atoms with van der Waals surface area (Å²) in [5.41, 5.74) is 0. The number of quaternary nitrogens is 2. The molecule has 0 spiro atoms. The Bertz CT molecular complexity index is 1840. The third-order valence-corrected chi connectivity index (χ3v) is 20.4. The molecule has 18 heteroatoms. The van der Waals surface area contributed by atoms with Crippen LogP contribution in [-0.4, -0.2) is 196 Å². The highest BCUT2D eigenvalue weighted by Gasteiger charge is 2.25. The van der Waals surface area contributed by atoms with Crippen LogP contribution in [0, 0.1) is 0 Å². The molecule has 0 aromatic heterocycles. The van der Waals surface area contributed by atoms with E-state index in [2.05, 4.69) is 65.7 Å². The van der Waals surface area contributed by atoms with Gasteiger partial charge < -0.3 is 37.8 Å². The molecule has 16 nitrogen and oxygen atoms in total. The molecule has 0 amide bonds. The van der Waals surface area contributed by atoms with E-state index in [-0.39, 0.29) is 47.9 Å². The topological polar surface area (TPSA) is 214 Å². The van der Waals surface area contributed by atoms with Crippen molar-refractivity contribution in [3.8, 4) is 0 Å². The van der Waals surface area contributed by atoms with Crippen molar-refractivity contribution in [2.75, 3.05) is 105 Å². The molecule has 0 aliphatic heterocycles. The van der Waals surface area contributed by atoms with E-state index < -0.39 is 20.2 Å². The van der Waals surface area contributed by atoms with Crippen LogP contribution in [0.25, 0.3) is 0 Å². The molecule has 0 aromatic carbocycles. The van der Waals surface area contributed by atoms with Crippen LogP contribution in [0.15, 0.2) is 0 Å². The van der Waals surface area contributed by atoms with Gasteiger partial charge in [0.25, 0.3) is 0 Å². The molecule has 0 rings (SSSR count). The van der Waals surface area contributed by atoms with Crippen LogP contribution in [0.4, 0.5) is 0 Å². The third-order valence-electron chi connectivity index (χ3n) is 18.9. The Hall–Kier alpha value is -1.48. The lowest BCUT2D eigenvalue weighted by Gasteiger charge is -2.33. The first-order chi connectivity index (χ1) is 44.8. The molecule has 94 heavy (non-hydrogen) atoms. The SMILES string of the molecule is CCCCCCCCCCCCC(CN(CCC[N+](C)(C)CCCS(=O)(=O)[O-])CC(CCCCCCCCCCCC)OC(C)=O)OC(C)=O.CCCCCCCCCCCCC(O)CN(CCC[N+](C)(C)CCCS(=O)(=O)[O-])CC(O)CCCCCCCCCCCC. The largest absolute Gasteiger partial charge is 0.748 e. The maximum absolute atomic E-state index is 12.1. The molecular formula is C76H156N4O12S2.